The van der Waals surface area contributed by atoms with E-state index >= 15 is 0 Å². The summed E-state index contributed by atoms with van der Waals surface area (Å²) in [6.07, 6.45) is 3.04. The number of hydrogen-bond donors (Lipinski definition) is 2. The van der Waals surface area contributed by atoms with Gasteiger partial charge in [0, 0.05) is 31.4 Å². The molecule has 0 saturated carbocycles. The fourth-order valence-corrected chi connectivity index (χ4v) is 2.81. The van der Waals surface area contributed by atoms with E-state index in [9.17, 15) is 9.59 Å². The van der Waals surface area contributed by atoms with Crippen LogP contribution in [-0.4, -0.2) is 49.6 Å². The summed E-state index contributed by atoms with van der Waals surface area (Å²) in [7, 11) is 0. The van der Waals surface area contributed by atoms with Crippen LogP contribution in [0.4, 0.5) is 11.4 Å². The normalized spacial score (nSPS) is 13.7. The van der Waals surface area contributed by atoms with Crippen LogP contribution in [0.15, 0.2) is 55.3 Å². The van der Waals surface area contributed by atoms with Gasteiger partial charge in [0.1, 0.15) is 5.69 Å². The van der Waals surface area contributed by atoms with Crippen LogP contribution < -0.4 is 15.5 Å². The highest BCUT2D eigenvalue weighted by atomic mass is 16.5. The summed E-state index contributed by atoms with van der Waals surface area (Å²) in [5.74, 6) is -0.644. The minimum atomic E-state index is -0.367. The molecule has 3 rings (SSSR count). The Hall–Kier alpha value is -3.19. The van der Waals surface area contributed by atoms with E-state index in [0.717, 1.165) is 18.8 Å². The topological polar surface area (TPSA) is 83.6 Å². The van der Waals surface area contributed by atoms with Crippen molar-refractivity contribution in [3.8, 4) is 0 Å². The minimum Gasteiger partial charge on any atom is -0.378 e. The lowest BCUT2D eigenvalue weighted by molar-refractivity contribution is 0.0958. The van der Waals surface area contributed by atoms with Gasteiger partial charge in [-0.25, -0.2) is 0 Å². The minimum absolute atomic E-state index is 0.179. The van der Waals surface area contributed by atoms with E-state index in [1.165, 1.54) is 12.3 Å². The smallest absolute Gasteiger partial charge is 0.274 e. The number of rotatable bonds is 6. The highest BCUT2D eigenvalue weighted by molar-refractivity contribution is 6.06. The number of aromatic nitrogens is 1. The monoisotopic (exact) mass is 366 g/mol. The third kappa shape index (κ3) is 4.71. The second-order valence-corrected chi connectivity index (χ2v) is 6.00. The molecule has 1 saturated heterocycles. The van der Waals surface area contributed by atoms with Crippen LogP contribution in [0.3, 0.4) is 0 Å². The number of benzene rings is 1. The third-order valence-electron chi connectivity index (χ3n) is 4.17. The summed E-state index contributed by atoms with van der Waals surface area (Å²) >= 11 is 0. The molecular formula is C20H22N4O3. The molecule has 1 aromatic carbocycles. The first-order chi connectivity index (χ1) is 13.2. The van der Waals surface area contributed by atoms with Crippen molar-refractivity contribution in [1.82, 2.24) is 10.3 Å². The maximum atomic E-state index is 12.7. The molecule has 1 fully saturated rings. The van der Waals surface area contributed by atoms with Crippen LogP contribution in [0.5, 0.6) is 0 Å². The quantitative estimate of drug-likeness (QED) is 0.765. The van der Waals surface area contributed by atoms with Crippen molar-refractivity contribution in [2.24, 2.45) is 0 Å². The van der Waals surface area contributed by atoms with Crippen molar-refractivity contribution in [2.75, 3.05) is 43.1 Å². The van der Waals surface area contributed by atoms with Gasteiger partial charge in [0.05, 0.1) is 24.6 Å². The average Bonchev–Trinajstić information content (AvgIpc) is 2.73. The maximum absolute atomic E-state index is 12.7. The molecule has 0 radical (unpaired) electrons. The Labute approximate surface area is 158 Å². The average molecular weight is 366 g/mol. The van der Waals surface area contributed by atoms with Crippen LogP contribution in [-0.2, 0) is 4.74 Å². The van der Waals surface area contributed by atoms with Crippen molar-refractivity contribution < 1.29 is 14.3 Å². The van der Waals surface area contributed by atoms with E-state index in [1.54, 1.807) is 12.1 Å². The molecule has 7 nitrogen and oxygen atoms in total. The highest BCUT2D eigenvalue weighted by Gasteiger charge is 2.17. The molecule has 1 aliphatic rings. The van der Waals surface area contributed by atoms with Gasteiger partial charge in [0.15, 0.2) is 0 Å². The maximum Gasteiger partial charge on any atom is 0.274 e. The van der Waals surface area contributed by atoms with E-state index in [1.807, 2.05) is 24.3 Å². The van der Waals surface area contributed by atoms with Crippen molar-refractivity contribution in [1.29, 1.82) is 0 Å². The van der Waals surface area contributed by atoms with Gasteiger partial charge in [0.25, 0.3) is 11.8 Å². The molecule has 2 aromatic rings. The number of nitrogens with zero attached hydrogens (tertiary/aromatic N) is 2. The summed E-state index contributed by atoms with van der Waals surface area (Å²) in [4.78, 5) is 31.0. The molecule has 2 heterocycles. The summed E-state index contributed by atoms with van der Waals surface area (Å²) in [6, 6.07) is 10.7. The fraction of sp³-hybridized carbons (Fsp3) is 0.250. The lowest BCUT2D eigenvalue weighted by Gasteiger charge is -2.30. The summed E-state index contributed by atoms with van der Waals surface area (Å²) in [5.41, 5.74) is 2.19. The van der Waals surface area contributed by atoms with Gasteiger partial charge in [0.2, 0.25) is 0 Å². The highest BCUT2D eigenvalue weighted by Crippen LogP contribution is 2.26. The van der Waals surface area contributed by atoms with Crippen LogP contribution in [0.25, 0.3) is 0 Å². The molecule has 0 bridgehead atoms. The zero-order valence-electron chi connectivity index (χ0n) is 15.0. The Morgan fingerprint density at radius 1 is 1.19 bits per heavy atom. The summed E-state index contributed by atoms with van der Waals surface area (Å²) in [6.45, 7) is 6.77. The molecule has 2 N–H and O–H groups in total. The number of carbonyl (C=O) groups is 2. The number of morpholine rings is 1. The van der Waals surface area contributed by atoms with Gasteiger partial charge in [-0.05, 0) is 24.3 Å². The largest absolute Gasteiger partial charge is 0.378 e. The predicted molar refractivity (Wildman–Crippen MR) is 104 cm³/mol. The van der Waals surface area contributed by atoms with E-state index in [4.69, 9.17) is 4.74 Å². The lowest BCUT2D eigenvalue weighted by atomic mass is 10.2. The second-order valence-electron chi connectivity index (χ2n) is 6.00. The van der Waals surface area contributed by atoms with E-state index in [-0.39, 0.29) is 17.5 Å². The van der Waals surface area contributed by atoms with Gasteiger partial charge in [-0.2, -0.15) is 0 Å². The van der Waals surface area contributed by atoms with Crippen LogP contribution >= 0.6 is 0 Å². The molecule has 0 aliphatic carbocycles. The first-order valence-electron chi connectivity index (χ1n) is 8.77. The number of anilines is 2. The number of para-hydroxylation sites is 2. The van der Waals surface area contributed by atoms with E-state index < -0.39 is 0 Å². The van der Waals surface area contributed by atoms with Crippen LogP contribution in [0.2, 0.25) is 0 Å². The number of ether oxygens (including phenoxy) is 1. The first-order valence-corrected chi connectivity index (χ1v) is 8.77. The molecule has 0 spiro atoms. The van der Waals surface area contributed by atoms with E-state index in [0.29, 0.717) is 31.0 Å². The SMILES string of the molecule is C=CCNC(=O)c1ccnc(C(=O)Nc2ccccc2N2CCOCC2)c1. The van der Waals surface area contributed by atoms with Gasteiger partial charge in [-0.1, -0.05) is 18.2 Å². The van der Waals surface area contributed by atoms with Gasteiger partial charge < -0.3 is 20.3 Å². The van der Waals surface area contributed by atoms with Crippen molar-refractivity contribution in [2.45, 2.75) is 0 Å². The fourth-order valence-electron chi connectivity index (χ4n) is 2.81. The molecule has 140 valence electrons. The molecule has 0 atom stereocenters. The number of carbonyl (C=O) groups excluding carboxylic acids is 2. The van der Waals surface area contributed by atoms with Crippen molar-refractivity contribution >= 4 is 23.2 Å². The molecular weight excluding hydrogens is 344 g/mol. The predicted octanol–water partition coefficient (Wildman–Crippen LogP) is 2.09. The Balaban J connectivity index is 1.76. The lowest BCUT2D eigenvalue weighted by Crippen LogP contribution is -2.36. The Kier molecular flexibility index (Phi) is 6.17. The summed E-state index contributed by atoms with van der Waals surface area (Å²) < 4.78 is 5.39. The Bertz CT molecular complexity index is 831. The van der Waals surface area contributed by atoms with Crippen molar-refractivity contribution in [3.63, 3.8) is 0 Å². The van der Waals surface area contributed by atoms with E-state index in [2.05, 4.69) is 27.1 Å². The zero-order chi connectivity index (χ0) is 19.1. The van der Waals surface area contributed by atoms with Gasteiger partial charge >= 0.3 is 0 Å². The first kappa shape index (κ1) is 18.6. The number of hydrogen-bond acceptors (Lipinski definition) is 5. The van der Waals surface area contributed by atoms with Crippen LogP contribution in [0, 0.1) is 0 Å². The molecule has 1 aliphatic heterocycles. The number of pyridine rings is 1. The third-order valence-corrected chi connectivity index (χ3v) is 4.17. The van der Waals surface area contributed by atoms with Gasteiger partial charge in [-0.15, -0.1) is 6.58 Å². The van der Waals surface area contributed by atoms with Crippen molar-refractivity contribution in [3.05, 3.63) is 66.5 Å². The number of amides is 2. The summed E-state index contributed by atoms with van der Waals surface area (Å²) in [5, 5.41) is 5.58. The second kappa shape index (κ2) is 8.95. The number of nitrogens with one attached hydrogen (secondary N) is 2. The molecule has 7 heteroatoms. The van der Waals surface area contributed by atoms with Gasteiger partial charge in [-0.3, -0.25) is 14.6 Å². The Morgan fingerprint density at radius 3 is 2.74 bits per heavy atom. The molecule has 1 aromatic heterocycles. The molecule has 27 heavy (non-hydrogen) atoms. The van der Waals surface area contributed by atoms with Crippen LogP contribution in [0.1, 0.15) is 20.8 Å². The standard InChI is InChI=1S/C20H22N4O3/c1-2-8-22-19(25)15-7-9-21-17(14-15)20(26)23-16-5-3-4-6-18(16)24-10-12-27-13-11-24/h2-7,9,14H,1,8,10-13H2,(H,22,25)(H,23,26). The Morgan fingerprint density at radius 2 is 1.96 bits per heavy atom. The molecule has 2 amide bonds. The zero-order valence-corrected chi connectivity index (χ0v) is 15.0. The molecule has 0 unspecified atom stereocenters.